The Bertz CT molecular complexity index is 2620. The van der Waals surface area contributed by atoms with Crippen molar-refractivity contribution < 1.29 is 4.42 Å². The number of aromatic nitrogens is 2. The first-order valence-electron chi connectivity index (χ1n) is 16.8. The van der Waals surface area contributed by atoms with Gasteiger partial charge in [0.25, 0.3) is 0 Å². The van der Waals surface area contributed by atoms with Gasteiger partial charge in [-0.3, -0.25) is 0 Å². The molecule has 0 aliphatic carbocycles. The zero-order valence-corrected chi connectivity index (χ0v) is 29.1. The SMILES string of the molecule is C=C/C(=C\C=C/C)n1c2ccccc2c2cc(-c3nc4c(cc(-c5ccccc5)c5sc(C=C)c(/C=C\C)c54)o3)c3ccccc3c21.CC. The molecule has 0 aliphatic heterocycles. The molecule has 49 heavy (non-hydrogen) atoms. The Balaban J connectivity index is 0.00000186. The van der Waals surface area contributed by atoms with Gasteiger partial charge in [0.2, 0.25) is 5.89 Å². The van der Waals surface area contributed by atoms with Crippen LogP contribution in [0, 0.1) is 0 Å². The van der Waals surface area contributed by atoms with Crippen molar-refractivity contribution in [3.05, 3.63) is 145 Å². The van der Waals surface area contributed by atoms with Crippen LogP contribution >= 0.6 is 11.3 Å². The molecule has 0 N–H and O–H groups in total. The van der Waals surface area contributed by atoms with Crippen molar-refractivity contribution in [2.45, 2.75) is 27.7 Å². The zero-order chi connectivity index (χ0) is 34.1. The molecule has 0 atom stereocenters. The van der Waals surface area contributed by atoms with Crippen molar-refractivity contribution in [3.63, 3.8) is 0 Å². The van der Waals surface area contributed by atoms with Crippen molar-refractivity contribution in [2.24, 2.45) is 0 Å². The third-order valence-corrected chi connectivity index (χ3v) is 10.1. The summed E-state index contributed by atoms with van der Waals surface area (Å²) < 4.78 is 10.3. The average molecular weight is 655 g/mol. The first kappa shape index (κ1) is 31.9. The lowest BCUT2D eigenvalue weighted by Gasteiger charge is -2.12. The second kappa shape index (κ2) is 13.4. The van der Waals surface area contributed by atoms with E-state index in [1.807, 2.05) is 52.0 Å². The number of hydrogen-bond acceptors (Lipinski definition) is 3. The molecule has 8 aromatic rings. The summed E-state index contributed by atoms with van der Waals surface area (Å²) >= 11 is 1.75. The maximum atomic E-state index is 6.80. The lowest BCUT2D eigenvalue weighted by atomic mass is 9.99. The maximum Gasteiger partial charge on any atom is 0.227 e. The van der Waals surface area contributed by atoms with Gasteiger partial charge in [0, 0.05) is 53.5 Å². The minimum atomic E-state index is 0.604. The molecule has 0 saturated heterocycles. The first-order chi connectivity index (χ1) is 24.2. The van der Waals surface area contributed by atoms with E-state index in [9.17, 15) is 0 Å². The van der Waals surface area contributed by atoms with Gasteiger partial charge in [-0.25, -0.2) is 4.98 Å². The zero-order valence-electron chi connectivity index (χ0n) is 28.3. The van der Waals surface area contributed by atoms with Gasteiger partial charge in [0.05, 0.1) is 11.0 Å². The van der Waals surface area contributed by atoms with Crippen molar-refractivity contribution in [1.82, 2.24) is 9.55 Å². The van der Waals surface area contributed by atoms with Crippen LogP contribution in [0.1, 0.15) is 38.1 Å². The topological polar surface area (TPSA) is 31.0 Å². The van der Waals surface area contributed by atoms with Crippen LogP contribution < -0.4 is 0 Å². The largest absolute Gasteiger partial charge is 0.436 e. The van der Waals surface area contributed by atoms with E-state index in [0.717, 1.165) is 81.9 Å². The predicted octanol–water partition coefficient (Wildman–Crippen LogP) is 13.9. The molecule has 8 rings (SSSR count). The summed E-state index contributed by atoms with van der Waals surface area (Å²) in [6.07, 6.45) is 14.3. The second-order valence-corrected chi connectivity index (χ2v) is 12.5. The average Bonchev–Trinajstić information content (AvgIpc) is 3.85. The number of thiophene rings is 1. The van der Waals surface area contributed by atoms with E-state index < -0.39 is 0 Å². The van der Waals surface area contributed by atoms with E-state index in [2.05, 4.69) is 127 Å². The quantitative estimate of drug-likeness (QED) is 0.160. The molecule has 3 aromatic heterocycles. The molecule has 5 aromatic carbocycles. The maximum absolute atomic E-state index is 6.80. The molecule has 3 nitrogen and oxygen atoms in total. The Morgan fingerprint density at radius 1 is 0.796 bits per heavy atom. The Morgan fingerprint density at radius 3 is 2.22 bits per heavy atom. The Morgan fingerprint density at radius 2 is 1.51 bits per heavy atom. The summed E-state index contributed by atoms with van der Waals surface area (Å²) in [6.45, 7) is 16.4. The lowest BCUT2D eigenvalue weighted by molar-refractivity contribution is 0.621. The second-order valence-electron chi connectivity index (χ2n) is 11.5. The number of para-hydroxylation sites is 1. The summed E-state index contributed by atoms with van der Waals surface area (Å²) in [7, 11) is 0. The molecule has 0 aliphatic rings. The van der Waals surface area contributed by atoms with E-state index in [1.165, 1.54) is 4.70 Å². The highest BCUT2D eigenvalue weighted by Gasteiger charge is 2.23. The van der Waals surface area contributed by atoms with Gasteiger partial charge in [-0.1, -0.05) is 130 Å². The van der Waals surface area contributed by atoms with Crippen LogP contribution in [0.4, 0.5) is 0 Å². The van der Waals surface area contributed by atoms with Crippen molar-refractivity contribution in [2.75, 3.05) is 0 Å². The molecule has 3 heterocycles. The normalized spacial score (nSPS) is 12.2. The smallest absolute Gasteiger partial charge is 0.227 e. The number of oxazole rings is 1. The summed E-state index contributed by atoms with van der Waals surface area (Å²) in [5.74, 6) is 0.604. The molecular weight excluding hydrogens is 617 g/mol. The van der Waals surface area contributed by atoms with Gasteiger partial charge in [-0.05, 0) is 55.1 Å². The summed E-state index contributed by atoms with van der Waals surface area (Å²) in [5, 5.41) is 5.60. The molecule has 0 radical (unpaired) electrons. The first-order valence-corrected chi connectivity index (χ1v) is 17.6. The van der Waals surface area contributed by atoms with E-state index in [-0.39, 0.29) is 0 Å². The lowest BCUT2D eigenvalue weighted by Crippen LogP contribution is -1.95. The van der Waals surface area contributed by atoms with Crippen molar-refractivity contribution in [3.8, 4) is 22.6 Å². The van der Waals surface area contributed by atoms with Crippen LogP contribution in [-0.2, 0) is 0 Å². The minimum Gasteiger partial charge on any atom is -0.436 e. The number of benzene rings is 5. The molecule has 240 valence electrons. The molecule has 4 heteroatoms. The van der Waals surface area contributed by atoms with Crippen LogP contribution in [-0.4, -0.2) is 9.55 Å². The van der Waals surface area contributed by atoms with E-state index >= 15 is 0 Å². The Kier molecular flexibility index (Phi) is 8.73. The molecule has 0 spiro atoms. The Hall–Kier alpha value is -5.71. The molecule has 0 fully saturated rings. The number of allylic oxidation sites excluding steroid dienone is 6. The third kappa shape index (κ3) is 5.16. The summed E-state index contributed by atoms with van der Waals surface area (Å²) in [6, 6.07) is 32.0. The summed E-state index contributed by atoms with van der Waals surface area (Å²) in [4.78, 5) is 6.42. The van der Waals surface area contributed by atoms with Gasteiger partial charge in [-0.15, -0.1) is 11.3 Å². The number of hydrogen-bond donors (Lipinski definition) is 0. The highest BCUT2D eigenvalue weighted by molar-refractivity contribution is 7.21. The Labute approximate surface area is 291 Å². The fourth-order valence-corrected chi connectivity index (χ4v) is 8.00. The van der Waals surface area contributed by atoms with Gasteiger partial charge in [-0.2, -0.15) is 0 Å². The minimum absolute atomic E-state index is 0.604. The highest BCUT2D eigenvalue weighted by atomic mass is 32.1. The van der Waals surface area contributed by atoms with Crippen LogP contribution in [0.25, 0.3) is 94.2 Å². The molecular formula is C45H38N2OS. The number of nitrogens with zero attached hydrogens (tertiary/aromatic N) is 2. The number of rotatable bonds is 7. The van der Waals surface area contributed by atoms with Crippen LogP contribution in [0.15, 0.2) is 139 Å². The third-order valence-electron chi connectivity index (χ3n) is 8.82. The van der Waals surface area contributed by atoms with E-state index in [0.29, 0.717) is 5.89 Å². The van der Waals surface area contributed by atoms with Crippen molar-refractivity contribution >= 4 is 83.0 Å². The van der Waals surface area contributed by atoms with Gasteiger partial charge in [0.15, 0.2) is 5.58 Å². The van der Waals surface area contributed by atoms with Crippen molar-refractivity contribution in [1.29, 1.82) is 0 Å². The van der Waals surface area contributed by atoms with E-state index in [1.54, 1.807) is 11.3 Å². The van der Waals surface area contributed by atoms with Gasteiger partial charge >= 0.3 is 0 Å². The predicted molar refractivity (Wildman–Crippen MR) is 216 cm³/mol. The van der Waals surface area contributed by atoms with Crippen LogP contribution in [0.5, 0.6) is 0 Å². The van der Waals surface area contributed by atoms with Gasteiger partial charge < -0.3 is 8.98 Å². The molecule has 0 saturated carbocycles. The summed E-state index contributed by atoms with van der Waals surface area (Å²) in [5.41, 5.74) is 9.26. The molecule has 0 amide bonds. The standard InChI is InChI=1S/C43H32N2OS.C2H6/c1-5-9-20-28(7-3)45-36-24-16-15-22-30(36)34-25-35(29-21-13-14-23-31(29)41(34)45)43-44-40-37(46-43)26-33(27-18-11-10-12-19-27)42-39(40)32(17-6-2)38(8-4)47-42;1-2/h5-26H,3-4H2,1-2H3;1-2H3/b9-5-,17-6-,28-20+;. The monoisotopic (exact) mass is 654 g/mol. The highest BCUT2D eigenvalue weighted by Crippen LogP contribution is 2.46. The fraction of sp³-hybridized carbons (Fsp3) is 0.0889. The fourth-order valence-electron chi connectivity index (χ4n) is 6.82. The van der Waals surface area contributed by atoms with Crippen LogP contribution in [0.3, 0.4) is 0 Å². The van der Waals surface area contributed by atoms with Gasteiger partial charge in [0.1, 0.15) is 5.52 Å². The molecule has 0 unspecified atom stereocenters. The van der Waals surface area contributed by atoms with E-state index in [4.69, 9.17) is 9.40 Å². The molecule has 0 bridgehead atoms. The van der Waals surface area contributed by atoms with Crippen LogP contribution in [0.2, 0.25) is 0 Å². The number of fused-ring (bicyclic) bond motifs is 8.